The number of nitrogens with one attached hydrogen (secondary N) is 1. The Kier molecular flexibility index (Phi) is 5.12. The highest BCUT2D eigenvalue weighted by atomic mass is 35.5. The van der Waals surface area contributed by atoms with Crippen LogP contribution < -0.4 is 5.32 Å². The number of allylic oxidation sites excluding steroid dienone is 1. The predicted molar refractivity (Wildman–Crippen MR) is 107 cm³/mol. The third-order valence-electron chi connectivity index (χ3n) is 4.67. The van der Waals surface area contributed by atoms with Crippen molar-refractivity contribution in [3.05, 3.63) is 88.3 Å². The second-order valence-electron chi connectivity index (χ2n) is 6.52. The third-order valence-corrected chi connectivity index (χ3v) is 4.92. The van der Waals surface area contributed by atoms with E-state index >= 15 is 0 Å². The number of fused-ring (bicyclic) bond motifs is 1. The van der Waals surface area contributed by atoms with Gasteiger partial charge in [-0.1, -0.05) is 54.1 Å². The first-order chi connectivity index (χ1) is 13.6. The maximum absolute atomic E-state index is 13.0. The van der Waals surface area contributed by atoms with Crippen molar-refractivity contribution >= 4 is 23.5 Å². The smallest absolute Gasteiger partial charge is 0.338 e. The molecule has 2 heterocycles. The SMILES string of the molecule is CC1=C(C(=O)OCCc2ccccc2)[C@@H](c2ccc(Cl)cc2)n2ncnc2N1. The number of aromatic nitrogens is 3. The first-order valence-corrected chi connectivity index (χ1v) is 9.35. The number of esters is 1. The summed E-state index contributed by atoms with van der Waals surface area (Å²) in [4.78, 5) is 17.2. The van der Waals surface area contributed by atoms with Crippen LogP contribution in [0.4, 0.5) is 5.95 Å². The molecule has 0 aliphatic carbocycles. The van der Waals surface area contributed by atoms with Gasteiger partial charge in [0.25, 0.3) is 0 Å². The van der Waals surface area contributed by atoms with Crippen LogP contribution in [0.25, 0.3) is 0 Å². The molecule has 0 unspecified atom stereocenters. The minimum absolute atomic E-state index is 0.303. The van der Waals surface area contributed by atoms with Gasteiger partial charge in [0.15, 0.2) is 0 Å². The van der Waals surface area contributed by atoms with Crippen molar-refractivity contribution in [1.29, 1.82) is 0 Å². The first-order valence-electron chi connectivity index (χ1n) is 8.97. The van der Waals surface area contributed by atoms with Crippen LogP contribution in [0, 0.1) is 0 Å². The summed E-state index contributed by atoms with van der Waals surface area (Å²) >= 11 is 6.03. The van der Waals surface area contributed by atoms with Gasteiger partial charge in [-0.25, -0.2) is 9.48 Å². The Morgan fingerprint density at radius 2 is 1.93 bits per heavy atom. The van der Waals surface area contributed by atoms with Crippen LogP contribution in [0.3, 0.4) is 0 Å². The molecule has 0 spiro atoms. The van der Waals surface area contributed by atoms with E-state index in [0.717, 1.165) is 11.1 Å². The Bertz CT molecular complexity index is 1010. The van der Waals surface area contributed by atoms with E-state index in [1.165, 1.54) is 6.33 Å². The van der Waals surface area contributed by atoms with Crippen LogP contribution in [-0.2, 0) is 16.0 Å². The molecule has 2 aromatic carbocycles. The van der Waals surface area contributed by atoms with E-state index in [2.05, 4.69) is 15.4 Å². The van der Waals surface area contributed by atoms with Crippen molar-refractivity contribution in [3.8, 4) is 0 Å². The number of nitrogens with zero attached hydrogens (tertiary/aromatic N) is 3. The average Bonchev–Trinajstić information content (AvgIpc) is 3.16. The van der Waals surface area contributed by atoms with Gasteiger partial charge in [0.2, 0.25) is 5.95 Å². The maximum Gasteiger partial charge on any atom is 0.338 e. The summed E-state index contributed by atoms with van der Waals surface area (Å²) in [7, 11) is 0. The number of ether oxygens (including phenoxy) is 1. The van der Waals surface area contributed by atoms with Gasteiger partial charge in [0.1, 0.15) is 12.4 Å². The highest BCUT2D eigenvalue weighted by Crippen LogP contribution is 2.35. The number of carbonyl (C=O) groups excluding carboxylic acids is 1. The molecule has 1 N–H and O–H groups in total. The third kappa shape index (κ3) is 3.64. The molecule has 1 aromatic heterocycles. The van der Waals surface area contributed by atoms with Crippen molar-refractivity contribution < 1.29 is 9.53 Å². The van der Waals surface area contributed by atoms with Crippen LogP contribution in [0.15, 0.2) is 72.2 Å². The molecule has 6 nitrogen and oxygen atoms in total. The highest BCUT2D eigenvalue weighted by Gasteiger charge is 2.34. The molecule has 4 rings (SSSR count). The number of rotatable bonds is 5. The van der Waals surface area contributed by atoms with Crippen molar-refractivity contribution in [3.63, 3.8) is 0 Å². The average molecular weight is 395 g/mol. The molecule has 1 atom stereocenters. The molecule has 0 saturated heterocycles. The Hall–Kier alpha value is -3.12. The fraction of sp³-hybridized carbons (Fsp3) is 0.190. The molecule has 0 saturated carbocycles. The van der Waals surface area contributed by atoms with Crippen LogP contribution in [-0.4, -0.2) is 27.3 Å². The molecule has 28 heavy (non-hydrogen) atoms. The van der Waals surface area contributed by atoms with Gasteiger partial charge < -0.3 is 10.1 Å². The Labute approximate surface area is 167 Å². The second kappa shape index (κ2) is 7.86. The van der Waals surface area contributed by atoms with Gasteiger partial charge in [-0.15, -0.1) is 0 Å². The number of anilines is 1. The minimum Gasteiger partial charge on any atom is -0.462 e. The second-order valence-corrected chi connectivity index (χ2v) is 6.95. The molecule has 0 radical (unpaired) electrons. The number of halogens is 1. The Morgan fingerprint density at radius 3 is 2.68 bits per heavy atom. The van der Waals surface area contributed by atoms with E-state index in [9.17, 15) is 4.79 Å². The normalized spacial score (nSPS) is 15.7. The van der Waals surface area contributed by atoms with E-state index in [4.69, 9.17) is 16.3 Å². The maximum atomic E-state index is 13.0. The van der Waals surface area contributed by atoms with Crippen molar-refractivity contribution in [1.82, 2.24) is 14.8 Å². The number of hydrogen-bond acceptors (Lipinski definition) is 5. The van der Waals surface area contributed by atoms with Gasteiger partial charge in [-0.05, 0) is 30.2 Å². The van der Waals surface area contributed by atoms with Gasteiger partial charge in [0, 0.05) is 17.1 Å². The summed E-state index contributed by atoms with van der Waals surface area (Å²) in [6.45, 7) is 2.14. The molecule has 0 amide bonds. The van der Waals surface area contributed by atoms with Crippen LogP contribution in [0.2, 0.25) is 5.02 Å². The zero-order chi connectivity index (χ0) is 19.5. The van der Waals surface area contributed by atoms with E-state index in [1.54, 1.807) is 16.8 Å². The Balaban J connectivity index is 1.59. The molecular weight excluding hydrogens is 376 g/mol. The molecule has 1 aliphatic heterocycles. The fourth-order valence-electron chi connectivity index (χ4n) is 3.29. The Morgan fingerprint density at radius 1 is 1.18 bits per heavy atom. The van der Waals surface area contributed by atoms with Crippen molar-refractivity contribution in [2.45, 2.75) is 19.4 Å². The standard InChI is InChI=1S/C21H19ClN4O2/c1-14-18(20(27)28-12-11-15-5-3-2-4-6-15)19(16-7-9-17(22)10-8-16)26-21(25-14)23-13-24-26/h2-10,13,19H,11-12H2,1H3,(H,23,24,25)/t19-/m1/s1. The van der Waals surface area contributed by atoms with E-state index < -0.39 is 6.04 Å². The largest absolute Gasteiger partial charge is 0.462 e. The summed E-state index contributed by atoms with van der Waals surface area (Å²) in [6, 6.07) is 16.9. The molecule has 0 fully saturated rings. The fourth-order valence-corrected chi connectivity index (χ4v) is 3.42. The lowest BCUT2D eigenvalue weighted by atomic mass is 9.96. The molecule has 7 heteroatoms. The summed E-state index contributed by atoms with van der Waals surface area (Å²) in [5.74, 6) is 0.209. The lowest BCUT2D eigenvalue weighted by molar-refractivity contribution is -0.139. The highest BCUT2D eigenvalue weighted by molar-refractivity contribution is 6.30. The van der Waals surface area contributed by atoms with Crippen LogP contribution in [0.1, 0.15) is 24.1 Å². The zero-order valence-corrected chi connectivity index (χ0v) is 16.1. The molecule has 1 aliphatic rings. The quantitative estimate of drug-likeness (QED) is 0.662. The van der Waals surface area contributed by atoms with Gasteiger partial charge in [-0.2, -0.15) is 10.1 Å². The van der Waals surface area contributed by atoms with Crippen LogP contribution in [0.5, 0.6) is 0 Å². The monoisotopic (exact) mass is 394 g/mol. The summed E-state index contributed by atoms with van der Waals surface area (Å²) in [5, 5.41) is 8.06. The topological polar surface area (TPSA) is 69.0 Å². The predicted octanol–water partition coefficient (Wildman–Crippen LogP) is 4.01. The summed E-state index contributed by atoms with van der Waals surface area (Å²) < 4.78 is 7.28. The zero-order valence-electron chi connectivity index (χ0n) is 15.3. The summed E-state index contributed by atoms with van der Waals surface area (Å²) in [6.07, 6.45) is 2.12. The first kappa shape index (κ1) is 18.3. The molecule has 0 bridgehead atoms. The lowest BCUT2D eigenvalue weighted by Gasteiger charge is -2.28. The van der Waals surface area contributed by atoms with Gasteiger partial charge in [-0.3, -0.25) is 0 Å². The van der Waals surface area contributed by atoms with E-state index in [1.807, 2.05) is 49.4 Å². The molecular formula is C21H19ClN4O2. The van der Waals surface area contributed by atoms with Crippen LogP contribution >= 0.6 is 11.6 Å². The lowest BCUT2D eigenvalue weighted by Crippen LogP contribution is -2.30. The van der Waals surface area contributed by atoms with E-state index in [0.29, 0.717) is 35.3 Å². The van der Waals surface area contributed by atoms with Crippen molar-refractivity contribution in [2.24, 2.45) is 0 Å². The van der Waals surface area contributed by atoms with Gasteiger partial charge >= 0.3 is 5.97 Å². The molecule has 3 aromatic rings. The number of carbonyl (C=O) groups is 1. The van der Waals surface area contributed by atoms with Crippen molar-refractivity contribution in [2.75, 3.05) is 11.9 Å². The van der Waals surface area contributed by atoms with Gasteiger partial charge in [0.05, 0.1) is 12.2 Å². The molecule has 142 valence electrons. The van der Waals surface area contributed by atoms with E-state index in [-0.39, 0.29) is 5.97 Å². The number of benzene rings is 2. The minimum atomic E-state index is -0.430. The number of hydrogen-bond donors (Lipinski definition) is 1. The summed E-state index contributed by atoms with van der Waals surface area (Å²) in [5.41, 5.74) is 3.21.